The van der Waals surface area contributed by atoms with Crippen molar-refractivity contribution in [2.24, 2.45) is 0 Å². The van der Waals surface area contributed by atoms with Gasteiger partial charge in [-0.25, -0.2) is 0 Å². The lowest BCUT2D eigenvalue weighted by atomic mass is 10.1. The number of thiocarbonyl (C=S) groups is 1. The fraction of sp³-hybridized carbons (Fsp3) is 0.286. The highest BCUT2D eigenvalue weighted by molar-refractivity contribution is 7.80. The van der Waals surface area contributed by atoms with Crippen LogP contribution in [0, 0.1) is 0 Å². The Morgan fingerprint density at radius 3 is 2.37 bits per heavy atom. The molecule has 3 rings (SSSR count). The second kappa shape index (κ2) is 7.12. The molecule has 140 valence electrons. The van der Waals surface area contributed by atoms with Gasteiger partial charge in [0.15, 0.2) is 5.11 Å². The standard InChI is InChI=1S/C21H23N3O2S/c1-5-14-8-10-15(11-9-14)24-19(26)17(18(25)22-20(24)27)13-16-7-6-12-23(16)21(2,3)4/h6-13H,5H2,1-4H3,(H,22,25,27)/b17-13+. The van der Waals surface area contributed by atoms with Crippen LogP contribution in [0.4, 0.5) is 5.69 Å². The number of amides is 2. The van der Waals surface area contributed by atoms with Crippen molar-refractivity contribution in [2.45, 2.75) is 39.7 Å². The second-order valence-corrected chi connectivity index (χ2v) is 7.84. The SMILES string of the molecule is CCc1ccc(N2C(=O)/C(=C/c3cccn3C(C)(C)C)C(=O)NC2=S)cc1. The molecule has 2 aromatic rings. The largest absolute Gasteiger partial charge is 0.343 e. The van der Waals surface area contributed by atoms with Crippen molar-refractivity contribution in [3.8, 4) is 0 Å². The number of nitrogens with zero attached hydrogens (tertiary/aromatic N) is 2. The first-order valence-electron chi connectivity index (χ1n) is 8.90. The summed E-state index contributed by atoms with van der Waals surface area (Å²) in [6, 6.07) is 11.4. The molecule has 5 nitrogen and oxygen atoms in total. The van der Waals surface area contributed by atoms with Gasteiger partial charge in [0, 0.05) is 17.4 Å². The monoisotopic (exact) mass is 381 g/mol. The molecule has 1 aromatic heterocycles. The highest BCUT2D eigenvalue weighted by atomic mass is 32.1. The van der Waals surface area contributed by atoms with Crippen LogP contribution in [0.5, 0.6) is 0 Å². The molecule has 0 atom stereocenters. The van der Waals surface area contributed by atoms with E-state index in [9.17, 15) is 9.59 Å². The van der Waals surface area contributed by atoms with Crippen molar-refractivity contribution < 1.29 is 9.59 Å². The van der Waals surface area contributed by atoms with Crippen LogP contribution in [0.25, 0.3) is 6.08 Å². The topological polar surface area (TPSA) is 54.3 Å². The molecule has 0 spiro atoms. The lowest BCUT2D eigenvalue weighted by molar-refractivity contribution is -0.122. The van der Waals surface area contributed by atoms with Crippen LogP contribution in [-0.2, 0) is 21.5 Å². The number of aromatic nitrogens is 1. The van der Waals surface area contributed by atoms with E-state index >= 15 is 0 Å². The lowest BCUT2D eigenvalue weighted by Gasteiger charge is -2.29. The number of nitrogens with one attached hydrogen (secondary N) is 1. The third kappa shape index (κ3) is 3.71. The molecule has 1 N–H and O–H groups in total. The predicted octanol–water partition coefficient (Wildman–Crippen LogP) is 3.64. The Kier molecular flexibility index (Phi) is 5.02. The zero-order valence-electron chi connectivity index (χ0n) is 15.9. The van der Waals surface area contributed by atoms with Crippen LogP contribution in [0.2, 0.25) is 0 Å². The van der Waals surface area contributed by atoms with Crippen molar-refractivity contribution in [1.82, 2.24) is 9.88 Å². The zero-order valence-corrected chi connectivity index (χ0v) is 16.8. The van der Waals surface area contributed by atoms with E-state index in [2.05, 4.69) is 33.0 Å². The molecule has 27 heavy (non-hydrogen) atoms. The molecule has 1 aromatic carbocycles. The zero-order chi connectivity index (χ0) is 19.8. The molecule has 1 aliphatic heterocycles. The Hall–Kier alpha value is -2.73. The van der Waals surface area contributed by atoms with E-state index in [1.807, 2.05) is 47.2 Å². The summed E-state index contributed by atoms with van der Waals surface area (Å²) >= 11 is 5.25. The van der Waals surface area contributed by atoms with Crippen molar-refractivity contribution in [2.75, 3.05) is 4.90 Å². The van der Waals surface area contributed by atoms with E-state index < -0.39 is 11.8 Å². The van der Waals surface area contributed by atoms with Crippen molar-refractivity contribution >= 4 is 40.9 Å². The summed E-state index contributed by atoms with van der Waals surface area (Å²) < 4.78 is 2.02. The van der Waals surface area contributed by atoms with Crippen molar-refractivity contribution in [3.63, 3.8) is 0 Å². The molecule has 1 aliphatic rings. The number of carbonyl (C=O) groups is 2. The Bertz CT molecular complexity index is 933. The molecular weight excluding hydrogens is 358 g/mol. The van der Waals surface area contributed by atoms with Gasteiger partial charge >= 0.3 is 0 Å². The summed E-state index contributed by atoms with van der Waals surface area (Å²) in [5, 5.41) is 2.72. The van der Waals surface area contributed by atoms with Gasteiger partial charge in [-0.05, 0) is 75.3 Å². The number of anilines is 1. The third-order valence-electron chi connectivity index (χ3n) is 4.50. The van der Waals surface area contributed by atoms with E-state index in [4.69, 9.17) is 12.2 Å². The predicted molar refractivity (Wildman–Crippen MR) is 111 cm³/mol. The van der Waals surface area contributed by atoms with Crippen LogP contribution < -0.4 is 10.2 Å². The molecule has 6 heteroatoms. The van der Waals surface area contributed by atoms with E-state index in [0.717, 1.165) is 17.7 Å². The molecule has 1 saturated heterocycles. The number of rotatable bonds is 3. The van der Waals surface area contributed by atoms with E-state index in [-0.39, 0.29) is 16.2 Å². The minimum Gasteiger partial charge on any atom is -0.343 e. The Labute approximate surface area is 164 Å². The second-order valence-electron chi connectivity index (χ2n) is 7.45. The van der Waals surface area contributed by atoms with Gasteiger partial charge in [-0.1, -0.05) is 19.1 Å². The molecule has 0 saturated carbocycles. The van der Waals surface area contributed by atoms with Crippen LogP contribution in [0.1, 0.15) is 39.0 Å². The van der Waals surface area contributed by atoms with Crippen molar-refractivity contribution in [1.29, 1.82) is 0 Å². The van der Waals surface area contributed by atoms with Gasteiger partial charge in [0.2, 0.25) is 0 Å². The van der Waals surface area contributed by atoms with Gasteiger partial charge in [0.1, 0.15) is 5.57 Å². The molecule has 1 fully saturated rings. The number of hydrogen-bond acceptors (Lipinski definition) is 3. The normalized spacial score (nSPS) is 16.8. The number of aryl methyl sites for hydroxylation is 1. The summed E-state index contributed by atoms with van der Waals surface area (Å²) in [6.45, 7) is 8.26. The van der Waals surface area contributed by atoms with Crippen LogP contribution in [0.3, 0.4) is 0 Å². The average Bonchev–Trinajstić information content (AvgIpc) is 3.08. The summed E-state index contributed by atoms with van der Waals surface area (Å²) in [5.41, 5.74) is 2.48. The summed E-state index contributed by atoms with van der Waals surface area (Å²) in [7, 11) is 0. The number of hydrogen-bond donors (Lipinski definition) is 1. The van der Waals surface area contributed by atoms with Crippen LogP contribution >= 0.6 is 12.2 Å². The van der Waals surface area contributed by atoms with Gasteiger partial charge in [-0.3, -0.25) is 19.8 Å². The molecule has 0 unspecified atom stereocenters. The number of benzene rings is 1. The minimum atomic E-state index is -0.479. The molecule has 2 amide bonds. The molecule has 0 aliphatic carbocycles. The van der Waals surface area contributed by atoms with Crippen LogP contribution in [-0.4, -0.2) is 21.5 Å². The molecule has 0 radical (unpaired) electrons. The Morgan fingerprint density at radius 1 is 1.11 bits per heavy atom. The Morgan fingerprint density at radius 2 is 1.78 bits per heavy atom. The summed E-state index contributed by atoms with van der Waals surface area (Å²) in [4.78, 5) is 26.9. The molecule has 0 bridgehead atoms. The van der Waals surface area contributed by atoms with E-state index in [0.29, 0.717) is 5.69 Å². The highest BCUT2D eigenvalue weighted by Crippen LogP contribution is 2.24. The summed E-state index contributed by atoms with van der Waals surface area (Å²) in [5.74, 6) is -0.900. The summed E-state index contributed by atoms with van der Waals surface area (Å²) in [6.07, 6.45) is 4.46. The quantitative estimate of drug-likeness (QED) is 0.502. The fourth-order valence-corrected chi connectivity index (χ4v) is 3.32. The Balaban J connectivity index is 2.01. The van der Waals surface area contributed by atoms with Gasteiger partial charge in [-0.2, -0.15) is 0 Å². The first kappa shape index (κ1) is 19.0. The van der Waals surface area contributed by atoms with Gasteiger partial charge in [0.05, 0.1) is 5.69 Å². The van der Waals surface area contributed by atoms with Gasteiger partial charge in [-0.15, -0.1) is 0 Å². The van der Waals surface area contributed by atoms with Gasteiger partial charge < -0.3 is 4.57 Å². The maximum Gasteiger partial charge on any atom is 0.270 e. The van der Waals surface area contributed by atoms with Crippen molar-refractivity contribution in [3.05, 3.63) is 59.4 Å². The minimum absolute atomic E-state index is 0.0624. The lowest BCUT2D eigenvalue weighted by Crippen LogP contribution is -2.54. The fourth-order valence-electron chi connectivity index (χ4n) is 3.04. The first-order chi connectivity index (χ1) is 12.7. The van der Waals surface area contributed by atoms with Crippen LogP contribution in [0.15, 0.2) is 48.2 Å². The maximum atomic E-state index is 13.1. The molecule has 2 heterocycles. The van der Waals surface area contributed by atoms with E-state index in [1.165, 1.54) is 4.90 Å². The number of carbonyl (C=O) groups excluding carboxylic acids is 2. The average molecular weight is 382 g/mol. The smallest absolute Gasteiger partial charge is 0.270 e. The van der Waals surface area contributed by atoms with E-state index in [1.54, 1.807) is 6.08 Å². The third-order valence-corrected chi connectivity index (χ3v) is 4.78. The highest BCUT2D eigenvalue weighted by Gasteiger charge is 2.34. The maximum absolute atomic E-state index is 13.1. The molecular formula is C21H23N3O2S. The van der Waals surface area contributed by atoms with Gasteiger partial charge in [0.25, 0.3) is 11.8 Å². The first-order valence-corrected chi connectivity index (χ1v) is 9.31.